The number of hydrogen-bond acceptors (Lipinski definition) is 2. The van der Waals surface area contributed by atoms with E-state index in [0.29, 0.717) is 5.56 Å². The first-order valence-electron chi connectivity index (χ1n) is 5.53. The van der Waals surface area contributed by atoms with E-state index < -0.39 is 0 Å². The smallest absolute Gasteiger partial charge is 0.0991 e. The standard InChI is InChI=1S/C15H10N2/c16-10-11-5-7-12(8-6-11)15-9-13-3-1-2-4-14(13)17-15/h1-8H,9H2. The van der Waals surface area contributed by atoms with Crippen LogP contribution in [0.3, 0.4) is 0 Å². The molecule has 0 atom stereocenters. The number of benzene rings is 2. The lowest BCUT2D eigenvalue weighted by Gasteiger charge is -1.99. The first-order valence-corrected chi connectivity index (χ1v) is 5.53. The normalized spacial score (nSPS) is 12.8. The summed E-state index contributed by atoms with van der Waals surface area (Å²) in [6.45, 7) is 0. The third-order valence-corrected chi connectivity index (χ3v) is 2.95. The molecule has 1 aliphatic heterocycles. The van der Waals surface area contributed by atoms with Crippen LogP contribution in [0.25, 0.3) is 0 Å². The van der Waals surface area contributed by atoms with E-state index in [0.717, 1.165) is 23.4 Å². The van der Waals surface area contributed by atoms with Crippen molar-refractivity contribution in [1.82, 2.24) is 0 Å². The maximum Gasteiger partial charge on any atom is 0.0991 e. The van der Waals surface area contributed by atoms with Crippen molar-refractivity contribution in [3.05, 3.63) is 65.2 Å². The van der Waals surface area contributed by atoms with Crippen LogP contribution in [-0.4, -0.2) is 5.71 Å². The van der Waals surface area contributed by atoms with Gasteiger partial charge in [-0.3, -0.25) is 4.99 Å². The summed E-state index contributed by atoms with van der Waals surface area (Å²) in [5.74, 6) is 0. The Balaban J connectivity index is 1.96. The van der Waals surface area contributed by atoms with E-state index in [1.165, 1.54) is 5.56 Å². The Bertz CT molecular complexity index is 631. The summed E-state index contributed by atoms with van der Waals surface area (Å²) in [6.07, 6.45) is 0.877. The minimum atomic E-state index is 0.685. The molecular weight excluding hydrogens is 208 g/mol. The highest BCUT2D eigenvalue weighted by Gasteiger charge is 2.14. The fourth-order valence-corrected chi connectivity index (χ4v) is 2.04. The van der Waals surface area contributed by atoms with Crippen LogP contribution < -0.4 is 0 Å². The van der Waals surface area contributed by atoms with Gasteiger partial charge in [-0.2, -0.15) is 5.26 Å². The summed E-state index contributed by atoms with van der Waals surface area (Å²) in [7, 11) is 0. The molecule has 2 heteroatoms. The predicted molar refractivity (Wildman–Crippen MR) is 67.5 cm³/mol. The monoisotopic (exact) mass is 218 g/mol. The molecule has 0 aliphatic carbocycles. The number of fused-ring (bicyclic) bond motifs is 1. The van der Waals surface area contributed by atoms with Crippen molar-refractivity contribution in [2.75, 3.05) is 0 Å². The van der Waals surface area contributed by atoms with Crippen LogP contribution in [0.15, 0.2) is 53.5 Å². The molecule has 0 aromatic heterocycles. The number of hydrogen-bond donors (Lipinski definition) is 0. The van der Waals surface area contributed by atoms with Gasteiger partial charge in [-0.15, -0.1) is 0 Å². The Morgan fingerprint density at radius 3 is 2.47 bits per heavy atom. The average molecular weight is 218 g/mol. The van der Waals surface area contributed by atoms with Crippen LogP contribution in [0.4, 0.5) is 5.69 Å². The topological polar surface area (TPSA) is 36.1 Å². The van der Waals surface area contributed by atoms with Gasteiger partial charge in [-0.25, -0.2) is 0 Å². The van der Waals surface area contributed by atoms with Gasteiger partial charge in [-0.1, -0.05) is 30.3 Å². The van der Waals surface area contributed by atoms with Gasteiger partial charge >= 0.3 is 0 Å². The molecule has 0 unspecified atom stereocenters. The van der Waals surface area contributed by atoms with Gasteiger partial charge in [0, 0.05) is 6.42 Å². The van der Waals surface area contributed by atoms with Crippen molar-refractivity contribution in [3.8, 4) is 6.07 Å². The molecule has 80 valence electrons. The Kier molecular flexibility index (Phi) is 2.23. The molecular formula is C15H10N2. The van der Waals surface area contributed by atoms with Crippen LogP contribution in [0, 0.1) is 11.3 Å². The number of nitrogens with zero attached hydrogens (tertiary/aromatic N) is 2. The molecule has 0 bridgehead atoms. The summed E-state index contributed by atoms with van der Waals surface area (Å²) in [5, 5.41) is 8.76. The van der Waals surface area contributed by atoms with E-state index in [1.807, 2.05) is 42.5 Å². The highest BCUT2D eigenvalue weighted by atomic mass is 14.8. The fraction of sp³-hybridized carbons (Fsp3) is 0.0667. The molecule has 0 spiro atoms. The van der Waals surface area contributed by atoms with Crippen LogP contribution in [0.5, 0.6) is 0 Å². The average Bonchev–Trinajstić information content (AvgIpc) is 2.82. The molecule has 0 amide bonds. The summed E-state index contributed by atoms with van der Waals surface area (Å²) in [4.78, 5) is 4.61. The zero-order valence-corrected chi connectivity index (χ0v) is 9.22. The molecule has 0 radical (unpaired) electrons. The molecule has 1 aliphatic rings. The van der Waals surface area contributed by atoms with E-state index in [4.69, 9.17) is 5.26 Å². The van der Waals surface area contributed by atoms with Gasteiger partial charge in [0.15, 0.2) is 0 Å². The molecule has 1 heterocycles. The van der Waals surface area contributed by atoms with Crippen molar-refractivity contribution in [2.45, 2.75) is 6.42 Å². The molecule has 0 N–H and O–H groups in total. The SMILES string of the molecule is N#Cc1ccc(C2=Nc3ccccc3C2)cc1. The largest absolute Gasteiger partial charge is 0.252 e. The molecule has 2 aromatic rings. The minimum Gasteiger partial charge on any atom is -0.252 e. The lowest BCUT2D eigenvalue weighted by atomic mass is 10.0. The van der Waals surface area contributed by atoms with Crippen molar-refractivity contribution in [2.24, 2.45) is 4.99 Å². The first kappa shape index (κ1) is 9.80. The minimum absolute atomic E-state index is 0.685. The lowest BCUT2D eigenvalue weighted by molar-refractivity contribution is 1.39. The number of para-hydroxylation sites is 1. The first-order chi connectivity index (χ1) is 8.36. The van der Waals surface area contributed by atoms with E-state index in [9.17, 15) is 0 Å². The number of rotatable bonds is 1. The Morgan fingerprint density at radius 2 is 1.76 bits per heavy atom. The van der Waals surface area contributed by atoms with E-state index in [1.54, 1.807) is 0 Å². The summed E-state index contributed by atoms with van der Waals surface area (Å²) >= 11 is 0. The molecule has 0 fully saturated rings. The molecule has 0 saturated carbocycles. The zero-order valence-electron chi connectivity index (χ0n) is 9.22. The maximum absolute atomic E-state index is 8.76. The van der Waals surface area contributed by atoms with E-state index in [2.05, 4.69) is 17.1 Å². The van der Waals surface area contributed by atoms with Gasteiger partial charge in [0.1, 0.15) is 0 Å². The van der Waals surface area contributed by atoms with Crippen molar-refractivity contribution in [1.29, 1.82) is 5.26 Å². The molecule has 3 rings (SSSR count). The van der Waals surface area contributed by atoms with Crippen molar-refractivity contribution >= 4 is 11.4 Å². The lowest BCUT2D eigenvalue weighted by Crippen LogP contribution is -1.99. The van der Waals surface area contributed by atoms with Crippen molar-refractivity contribution in [3.63, 3.8) is 0 Å². The fourth-order valence-electron chi connectivity index (χ4n) is 2.04. The highest BCUT2D eigenvalue weighted by Crippen LogP contribution is 2.28. The highest BCUT2D eigenvalue weighted by molar-refractivity contribution is 6.06. The Labute approximate surface area is 99.9 Å². The summed E-state index contributed by atoms with van der Waals surface area (Å²) in [5.41, 5.74) is 5.19. The second-order valence-corrected chi connectivity index (χ2v) is 4.05. The molecule has 0 saturated heterocycles. The quantitative estimate of drug-likeness (QED) is 0.723. The Hall–Kier alpha value is -2.40. The van der Waals surface area contributed by atoms with Crippen LogP contribution in [0.1, 0.15) is 16.7 Å². The zero-order chi connectivity index (χ0) is 11.7. The molecule has 17 heavy (non-hydrogen) atoms. The van der Waals surface area contributed by atoms with Gasteiger partial charge in [-0.05, 0) is 29.3 Å². The second-order valence-electron chi connectivity index (χ2n) is 4.05. The number of nitriles is 1. The molecule has 2 nitrogen and oxygen atoms in total. The third kappa shape index (κ3) is 1.72. The van der Waals surface area contributed by atoms with Gasteiger partial charge in [0.25, 0.3) is 0 Å². The van der Waals surface area contributed by atoms with Crippen LogP contribution >= 0.6 is 0 Å². The Morgan fingerprint density at radius 1 is 1.00 bits per heavy atom. The van der Waals surface area contributed by atoms with E-state index >= 15 is 0 Å². The van der Waals surface area contributed by atoms with E-state index in [-0.39, 0.29) is 0 Å². The van der Waals surface area contributed by atoms with Crippen LogP contribution in [0.2, 0.25) is 0 Å². The van der Waals surface area contributed by atoms with Crippen molar-refractivity contribution < 1.29 is 0 Å². The summed E-state index contributed by atoms with van der Waals surface area (Å²) < 4.78 is 0. The second kappa shape index (κ2) is 3.88. The van der Waals surface area contributed by atoms with Gasteiger partial charge in [0.2, 0.25) is 0 Å². The van der Waals surface area contributed by atoms with Gasteiger partial charge < -0.3 is 0 Å². The predicted octanol–water partition coefficient (Wildman–Crippen LogP) is 3.24. The molecule has 2 aromatic carbocycles. The van der Waals surface area contributed by atoms with Crippen LogP contribution in [-0.2, 0) is 6.42 Å². The number of aliphatic imine (C=N–C) groups is 1. The van der Waals surface area contributed by atoms with Gasteiger partial charge in [0.05, 0.1) is 23.0 Å². The third-order valence-electron chi connectivity index (χ3n) is 2.95. The summed E-state index contributed by atoms with van der Waals surface area (Å²) in [6, 6.07) is 17.9. The maximum atomic E-state index is 8.76.